The fraction of sp³-hybridized carbons (Fsp3) is 0.120. The van der Waals surface area contributed by atoms with E-state index < -0.39 is 0 Å². The van der Waals surface area contributed by atoms with Gasteiger partial charge in [0.1, 0.15) is 5.70 Å². The summed E-state index contributed by atoms with van der Waals surface area (Å²) in [6.45, 7) is 4.08. The van der Waals surface area contributed by atoms with Crippen LogP contribution in [0.1, 0.15) is 22.3 Å². The Hall–Kier alpha value is -3.37. The van der Waals surface area contributed by atoms with Gasteiger partial charge in [-0.05, 0) is 48.7 Å². The average molecular weight is 417 g/mol. The molecule has 0 bridgehead atoms. The van der Waals surface area contributed by atoms with Crippen molar-refractivity contribution >= 4 is 34.7 Å². The molecule has 1 aliphatic heterocycles. The quantitative estimate of drug-likeness (QED) is 0.570. The van der Waals surface area contributed by atoms with Crippen molar-refractivity contribution in [2.75, 3.05) is 5.32 Å². The second-order valence-electron chi connectivity index (χ2n) is 7.40. The van der Waals surface area contributed by atoms with E-state index in [9.17, 15) is 9.59 Å². The van der Waals surface area contributed by atoms with Gasteiger partial charge in [-0.3, -0.25) is 14.5 Å². The summed E-state index contributed by atoms with van der Waals surface area (Å²) in [5.41, 5.74) is 4.97. The number of rotatable bonds is 5. The number of imide groups is 1. The van der Waals surface area contributed by atoms with Gasteiger partial charge in [-0.1, -0.05) is 71.8 Å². The van der Waals surface area contributed by atoms with Crippen molar-refractivity contribution in [2.45, 2.75) is 20.4 Å². The van der Waals surface area contributed by atoms with Crippen molar-refractivity contribution in [1.82, 2.24) is 4.90 Å². The van der Waals surface area contributed by atoms with Crippen LogP contribution < -0.4 is 5.32 Å². The zero-order chi connectivity index (χ0) is 21.3. The lowest BCUT2D eigenvalue weighted by molar-refractivity contribution is -0.137. The van der Waals surface area contributed by atoms with E-state index in [1.165, 1.54) is 4.90 Å². The van der Waals surface area contributed by atoms with E-state index in [2.05, 4.69) is 5.32 Å². The number of anilines is 1. The Bertz CT molecular complexity index is 1170. The normalized spacial score (nSPS) is 13.9. The Balaban J connectivity index is 1.76. The number of benzene rings is 3. The van der Waals surface area contributed by atoms with Crippen molar-refractivity contribution < 1.29 is 9.59 Å². The standard InChI is InChI=1S/C25H21ClN2O2/c1-16-10-12-18(13-11-16)22-23(27-20-8-5-6-17(2)14-20)25(30)28(24(22)29)15-19-7-3-4-9-21(19)26/h3-14,27H,15H2,1-2H3. The van der Waals surface area contributed by atoms with Crippen molar-refractivity contribution in [2.24, 2.45) is 0 Å². The third-order valence-electron chi connectivity index (χ3n) is 5.08. The SMILES string of the molecule is Cc1ccc(C2=C(Nc3cccc(C)c3)C(=O)N(Cc3ccccc3Cl)C2=O)cc1. The van der Waals surface area contributed by atoms with Gasteiger partial charge in [0.15, 0.2) is 0 Å². The molecule has 30 heavy (non-hydrogen) atoms. The van der Waals surface area contributed by atoms with E-state index in [4.69, 9.17) is 11.6 Å². The van der Waals surface area contributed by atoms with Gasteiger partial charge in [0, 0.05) is 10.7 Å². The molecule has 0 saturated heterocycles. The van der Waals surface area contributed by atoms with Crippen LogP contribution in [0.15, 0.2) is 78.5 Å². The molecule has 0 fully saturated rings. The van der Waals surface area contributed by atoms with Crippen molar-refractivity contribution in [3.63, 3.8) is 0 Å². The van der Waals surface area contributed by atoms with Crippen molar-refractivity contribution in [3.05, 3.63) is 106 Å². The molecule has 5 heteroatoms. The van der Waals surface area contributed by atoms with Crippen LogP contribution in [0.4, 0.5) is 5.69 Å². The first-order valence-corrected chi connectivity index (χ1v) is 10.1. The van der Waals surface area contributed by atoms with Gasteiger partial charge >= 0.3 is 0 Å². The maximum Gasteiger partial charge on any atom is 0.278 e. The summed E-state index contributed by atoms with van der Waals surface area (Å²) in [5.74, 6) is -0.698. The van der Waals surface area contributed by atoms with Gasteiger partial charge < -0.3 is 5.32 Å². The first-order chi connectivity index (χ1) is 14.4. The molecule has 0 radical (unpaired) electrons. The summed E-state index contributed by atoms with van der Waals surface area (Å²) in [6, 6.07) is 22.5. The summed E-state index contributed by atoms with van der Waals surface area (Å²) in [5, 5.41) is 3.71. The minimum Gasteiger partial charge on any atom is -0.350 e. The number of hydrogen-bond acceptors (Lipinski definition) is 3. The smallest absolute Gasteiger partial charge is 0.278 e. The van der Waals surface area contributed by atoms with Crippen LogP contribution in [0, 0.1) is 13.8 Å². The lowest BCUT2D eigenvalue weighted by Crippen LogP contribution is -2.32. The number of amides is 2. The summed E-state index contributed by atoms with van der Waals surface area (Å²) in [7, 11) is 0. The third kappa shape index (κ3) is 3.87. The van der Waals surface area contributed by atoms with E-state index in [0.717, 1.165) is 22.4 Å². The number of nitrogens with zero attached hydrogens (tertiary/aromatic N) is 1. The molecule has 150 valence electrons. The highest BCUT2D eigenvalue weighted by atomic mass is 35.5. The minimum atomic E-state index is -0.364. The molecule has 3 aromatic carbocycles. The van der Waals surface area contributed by atoms with Gasteiger partial charge in [0.05, 0.1) is 12.1 Å². The predicted molar refractivity (Wildman–Crippen MR) is 120 cm³/mol. The van der Waals surface area contributed by atoms with E-state index >= 15 is 0 Å². The van der Waals surface area contributed by atoms with Gasteiger partial charge in [-0.25, -0.2) is 0 Å². The maximum absolute atomic E-state index is 13.3. The first kappa shape index (κ1) is 19.9. The van der Waals surface area contributed by atoms with Crippen molar-refractivity contribution in [3.8, 4) is 0 Å². The van der Waals surface area contributed by atoms with Crippen LogP contribution in [0.2, 0.25) is 5.02 Å². The largest absolute Gasteiger partial charge is 0.350 e. The number of aryl methyl sites for hydroxylation is 2. The van der Waals surface area contributed by atoms with Gasteiger partial charge in [-0.2, -0.15) is 0 Å². The highest BCUT2D eigenvalue weighted by Gasteiger charge is 2.39. The Morgan fingerprint density at radius 3 is 2.27 bits per heavy atom. The summed E-state index contributed by atoms with van der Waals surface area (Å²) in [4.78, 5) is 27.9. The highest BCUT2D eigenvalue weighted by Crippen LogP contribution is 2.32. The second kappa shape index (κ2) is 8.17. The lowest BCUT2D eigenvalue weighted by Gasteiger charge is -2.16. The summed E-state index contributed by atoms with van der Waals surface area (Å²) >= 11 is 6.27. The minimum absolute atomic E-state index is 0.117. The van der Waals surface area contributed by atoms with Gasteiger partial charge in [0.2, 0.25) is 0 Å². The molecule has 1 N–H and O–H groups in total. The molecule has 0 atom stereocenters. The molecule has 0 unspecified atom stereocenters. The molecular formula is C25H21ClN2O2. The topological polar surface area (TPSA) is 49.4 Å². The number of carbonyl (C=O) groups is 2. The summed E-state index contributed by atoms with van der Waals surface area (Å²) in [6.07, 6.45) is 0. The molecule has 0 spiro atoms. The molecule has 0 saturated carbocycles. The lowest BCUT2D eigenvalue weighted by atomic mass is 10.0. The van der Waals surface area contributed by atoms with E-state index in [0.29, 0.717) is 16.2 Å². The van der Waals surface area contributed by atoms with Gasteiger partial charge in [0.25, 0.3) is 11.8 Å². The zero-order valence-corrected chi connectivity index (χ0v) is 17.5. The Kier molecular flexibility index (Phi) is 5.42. The third-order valence-corrected chi connectivity index (χ3v) is 5.45. The van der Waals surface area contributed by atoms with E-state index in [1.807, 2.05) is 80.6 Å². The molecule has 1 aliphatic rings. The monoisotopic (exact) mass is 416 g/mol. The molecule has 3 aromatic rings. The Morgan fingerprint density at radius 1 is 0.833 bits per heavy atom. The number of halogens is 1. The molecule has 2 amide bonds. The van der Waals surface area contributed by atoms with Crippen LogP contribution in [-0.4, -0.2) is 16.7 Å². The van der Waals surface area contributed by atoms with Crippen LogP contribution >= 0.6 is 11.6 Å². The number of hydrogen-bond donors (Lipinski definition) is 1. The second-order valence-corrected chi connectivity index (χ2v) is 7.81. The highest BCUT2D eigenvalue weighted by molar-refractivity contribution is 6.36. The fourth-order valence-electron chi connectivity index (χ4n) is 3.49. The van der Waals surface area contributed by atoms with Crippen LogP contribution in [-0.2, 0) is 16.1 Å². The van der Waals surface area contributed by atoms with Gasteiger partial charge in [-0.15, -0.1) is 0 Å². The number of carbonyl (C=O) groups excluding carboxylic acids is 2. The molecule has 0 aromatic heterocycles. The maximum atomic E-state index is 13.3. The Morgan fingerprint density at radius 2 is 1.57 bits per heavy atom. The van der Waals surface area contributed by atoms with Crippen LogP contribution in [0.3, 0.4) is 0 Å². The first-order valence-electron chi connectivity index (χ1n) is 9.68. The predicted octanol–water partition coefficient (Wildman–Crippen LogP) is 5.35. The molecular weight excluding hydrogens is 396 g/mol. The van der Waals surface area contributed by atoms with Crippen molar-refractivity contribution in [1.29, 1.82) is 0 Å². The average Bonchev–Trinajstić information content (AvgIpc) is 2.95. The molecule has 4 rings (SSSR count). The van der Waals surface area contributed by atoms with E-state index in [1.54, 1.807) is 6.07 Å². The van der Waals surface area contributed by atoms with E-state index in [-0.39, 0.29) is 24.1 Å². The fourth-order valence-corrected chi connectivity index (χ4v) is 3.68. The van der Waals surface area contributed by atoms with Crippen LogP contribution in [0.25, 0.3) is 5.57 Å². The Labute approximate surface area is 180 Å². The molecule has 0 aliphatic carbocycles. The summed E-state index contributed by atoms with van der Waals surface area (Å²) < 4.78 is 0. The van der Waals surface area contributed by atoms with Crippen LogP contribution in [0.5, 0.6) is 0 Å². The number of nitrogens with one attached hydrogen (secondary N) is 1. The molecule has 4 nitrogen and oxygen atoms in total. The zero-order valence-electron chi connectivity index (χ0n) is 16.8. The molecule has 1 heterocycles.